The summed E-state index contributed by atoms with van der Waals surface area (Å²) in [6, 6.07) is 8.78. The predicted octanol–water partition coefficient (Wildman–Crippen LogP) is 3.67. The maximum Gasteiger partial charge on any atom is 0.244 e. The summed E-state index contributed by atoms with van der Waals surface area (Å²) in [6.07, 6.45) is 4.18. The average Bonchev–Trinajstić information content (AvgIpc) is 2.56. The molecule has 0 amide bonds. The average molecular weight is 326 g/mol. The van der Waals surface area contributed by atoms with Gasteiger partial charge in [-0.2, -0.15) is 10.1 Å². The van der Waals surface area contributed by atoms with Crippen LogP contribution >= 0.6 is 0 Å². The smallest absolute Gasteiger partial charge is 0.244 e. The molecule has 0 aliphatic carbocycles. The van der Waals surface area contributed by atoms with Crippen molar-refractivity contribution in [3.63, 3.8) is 0 Å². The van der Waals surface area contributed by atoms with Crippen LogP contribution in [-0.2, 0) is 0 Å². The molecule has 1 aliphatic heterocycles. The molecule has 6 heteroatoms. The first-order chi connectivity index (χ1) is 11.6. The molecule has 6 nitrogen and oxygen atoms in total. The molecule has 0 spiro atoms. The van der Waals surface area contributed by atoms with Crippen molar-refractivity contribution >= 4 is 23.1 Å². The number of nitrogens with zero attached hydrogens (tertiary/aromatic N) is 4. The Hall–Kier alpha value is -2.37. The third-order valence-electron chi connectivity index (χ3n) is 4.27. The van der Waals surface area contributed by atoms with Gasteiger partial charge in [0.15, 0.2) is 5.82 Å². The molecule has 1 aromatic carbocycles. The molecule has 0 bridgehead atoms. The second-order valence-electron chi connectivity index (χ2n) is 6.81. The van der Waals surface area contributed by atoms with Crippen LogP contribution in [0.15, 0.2) is 30.5 Å². The Kier molecular flexibility index (Phi) is 5.13. The Balaban J connectivity index is 1.64. The standard InChI is InChI=1S/C18H26N6/c1-13(2)20-18-22-17(12-19-23-18)21-15-4-6-16(7-5-15)24-10-8-14(3)9-11-24/h4-7,12-14H,8-11H2,1-3H3,(H2,20,21,22,23). The second kappa shape index (κ2) is 7.47. The van der Waals surface area contributed by atoms with Gasteiger partial charge in [-0.15, -0.1) is 5.10 Å². The maximum atomic E-state index is 4.42. The number of benzene rings is 1. The van der Waals surface area contributed by atoms with Gasteiger partial charge in [-0.1, -0.05) is 6.92 Å². The van der Waals surface area contributed by atoms with Crippen LogP contribution in [0.2, 0.25) is 0 Å². The van der Waals surface area contributed by atoms with Crippen LogP contribution in [0.3, 0.4) is 0 Å². The van der Waals surface area contributed by atoms with Crippen LogP contribution in [0.1, 0.15) is 33.6 Å². The summed E-state index contributed by atoms with van der Waals surface area (Å²) >= 11 is 0. The molecule has 2 N–H and O–H groups in total. The number of anilines is 4. The third kappa shape index (κ3) is 4.34. The second-order valence-corrected chi connectivity index (χ2v) is 6.81. The first-order valence-corrected chi connectivity index (χ1v) is 8.68. The van der Waals surface area contributed by atoms with Gasteiger partial charge in [0.05, 0.1) is 6.20 Å². The highest BCUT2D eigenvalue weighted by atomic mass is 15.3. The molecule has 24 heavy (non-hydrogen) atoms. The fourth-order valence-corrected chi connectivity index (χ4v) is 2.85. The van der Waals surface area contributed by atoms with E-state index >= 15 is 0 Å². The van der Waals surface area contributed by atoms with Gasteiger partial charge < -0.3 is 15.5 Å². The zero-order valence-electron chi connectivity index (χ0n) is 14.7. The minimum atomic E-state index is 0.272. The molecule has 3 rings (SSSR count). The monoisotopic (exact) mass is 326 g/mol. The van der Waals surface area contributed by atoms with Gasteiger partial charge in [-0.25, -0.2) is 0 Å². The van der Waals surface area contributed by atoms with Crippen molar-refractivity contribution in [2.24, 2.45) is 5.92 Å². The Bertz CT molecular complexity index is 647. The lowest BCUT2D eigenvalue weighted by molar-refractivity contribution is 0.438. The lowest BCUT2D eigenvalue weighted by Gasteiger charge is -2.32. The van der Waals surface area contributed by atoms with Gasteiger partial charge in [0.2, 0.25) is 5.95 Å². The Morgan fingerprint density at radius 2 is 1.83 bits per heavy atom. The lowest BCUT2D eigenvalue weighted by Crippen LogP contribution is -2.32. The summed E-state index contributed by atoms with van der Waals surface area (Å²) in [4.78, 5) is 6.88. The molecule has 128 valence electrons. The van der Waals surface area contributed by atoms with E-state index in [1.807, 2.05) is 13.8 Å². The van der Waals surface area contributed by atoms with Crippen molar-refractivity contribution in [3.8, 4) is 0 Å². The molecule has 2 heterocycles. The highest BCUT2D eigenvalue weighted by Gasteiger charge is 2.15. The molecule has 1 aliphatic rings. The van der Waals surface area contributed by atoms with E-state index in [0.29, 0.717) is 11.8 Å². The van der Waals surface area contributed by atoms with Crippen molar-refractivity contribution in [2.75, 3.05) is 28.6 Å². The van der Waals surface area contributed by atoms with E-state index < -0.39 is 0 Å². The predicted molar refractivity (Wildman–Crippen MR) is 98.9 cm³/mol. The maximum absolute atomic E-state index is 4.42. The fourth-order valence-electron chi connectivity index (χ4n) is 2.85. The molecule has 0 unspecified atom stereocenters. The Labute approximate surface area is 143 Å². The highest BCUT2D eigenvalue weighted by Crippen LogP contribution is 2.25. The van der Waals surface area contributed by atoms with E-state index in [0.717, 1.165) is 24.7 Å². The molecular formula is C18H26N6. The minimum Gasteiger partial charge on any atom is -0.372 e. The van der Waals surface area contributed by atoms with Crippen LogP contribution in [0.5, 0.6) is 0 Å². The van der Waals surface area contributed by atoms with Crippen LogP contribution in [0.25, 0.3) is 0 Å². The van der Waals surface area contributed by atoms with Crippen molar-refractivity contribution in [1.82, 2.24) is 15.2 Å². The van der Waals surface area contributed by atoms with Crippen LogP contribution < -0.4 is 15.5 Å². The van der Waals surface area contributed by atoms with Crippen LogP contribution in [-0.4, -0.2) is 34.3 Å². The summed E-state index contributed by atoms with van der Waals surface area (Å²) in [5.74, 6) is 2.07. The number of hydrogen-bond acceptors (Lipinski definition) is 6. The largest absolute Gasteiger partial charge is 0.372 e. The number of aromatic nitrogens is 3. The number of piperidine rings is 1. The number of nitrogens with one attached hydrogen (secondary N) is 2. The first-order valence-electron chi connectivity index (χ1n) is 8.68. The molecule has 0 atom stereocenters. The van der Waals surface area contributed by atoms with E-state index in [2.05, 4.69) is 61.9 Å². The molecule has 1 saturated heterocycles. The van der Waals surface area contributed by atoms with Crippen molar-refractivity contribution in [3.05, 3.63) is 30.5 Å². The lowest BCUT2D eigenvalue weighted by atomic mass is 9.99. The van der Waals surface area contributed by atoms with Crippen molar-refractivity contribution in [2.45, 2.75) is 39.7 Å². The number of rotatable bonds is 5. The summed E-state index contributed by atoms with van der Waals surface area (Å²) in [7, 11) is 0. The normalized spacial score (nSPS) is 15.6. The molecular weight excluding hydrogens is 300 g/mol. The Morgan fingerprint density at radius 1 is 1.12 bits per heavy atom. The summed E-state index contributed by atoms with van der Waals surface area (Å²) in [6.45, 7) is 8.72. The zero-order valence-corrected chi connectivity index (χ0v) is 14.7. The first kappa shape index (κ1) is 16.5. The summed E-state index contributed by atoms with van der Waals surface area (Å²) < 4.78 is 0. The fraction of sp³-hybridized carbons (Fsp3) is 0.500. The van der Waals surface area contributed by atoms with E-state index in [9.17, 15) is 0 Å². The highest BCUT2D eigenvalue weighted by molar-refractivity contribution is 5.60. The molecule has 2 aromatic rings. The Morgan fingerprint density at radius 3 is 2.50 bits per heavy atom. The van der Waals surface area contributed by atoms with Crippen LogP contribution in [0.4, 0.5) is 23.1 Å². The SMILES string of the molecule is CC1CCN(c2ccc(Nc3cnnc(NC(C)C)n3)cc2)CC1. The van der Waals surface area contributed by atoms with Gasteiger partial charge in [0, 0.05) is 30.5 Å². The third-order valence-corrected chi connectivity index (χ3v) is 4.27. The van der Waals surface area contributed by atoms with E-state index in [1.54, 1.807) is 6.20 Å². The van der Waals surface area contributed by atoms with Crippen molar-refractivity contribution < 1.29 is 0 Å². The van der Waals surface area contributed by atoms with Crippen LogP contribution in [0, 0.1) is 5.92 Å². The quantitative estimate of drug-likeness (QED) is 0.874. The summed E-state index contributed by atoms with van der Waals surface area (Å²) in [5.41, 5.74) is 2.29. The van der Waals surface area contributed by atoms with Gasteiger partial charge in [-0.05, 0) is 56.9 Å². The number of hydrogen-bond donors (Lipinski definition) is 2. The molecule has 1 fully saturated rings. The topological polar surface area (TPSA) is 66.0 Å². The van der Waals surface area contributed by atoms with Gasteiger partial charge in [-0.3, -0.25) is 0 Å². The molecule has 1 aromatic heterocycles. The summed E-state index contributed by atoms with van der Waals surface area (Å²) in [5, 5.41) is 14.4. The van der Waals surface area contributed by atoms with E-state index in [4.69, 9.17) is 0 Å². The van der Waals surface area contributed by atoms with Gasteiger partial charge in [0.25, 0.3) is 0 Å². The van der Waals surface area contributed by atoms with Gasteiger partial charge in [0.1, 0.15) is 0 Å². The van der Waals surface area contributed by atoms with Gasteiger partial charge >= 0.3 is 0 Å². The molecule has 0 radical (unpaired) electrons. The zero-order chi connectivity index (χ0) is 16.9. The van der Waals surface area contributed by atoms with Crippen molar-refractivity contribution in [1.29, 1.82) is 0 Å². The minimum absolute atomic E-state index is 0.272. The molecule has 0 saturated carbocycles. The van der Waals surface area contributed by atoms with E-state index in [1.165, 1.54) is 18.5 Å². The van der Waals surface area contributed by atoms with E-state index in [-0.39, 0.29) is 6.04 Å².